The molecule has 2 rings (SSSR count). The summed E-state index contributed by atoms with van der Waals surface area (Å²) >= 11 is 6.09. The topological polar surface area (TPSA) is 32.9 Å². The molecule has 78 valence electrons. The van der Waals surface area contributed by atoms with Gasteiger partial charge in [-0.25, -0.2) is 0 Å². The number of fused-ring (bicyclic) bond motifs is 1. The van der Waals surface area contributed by atoms with Gasteiger partial charge in [0, 0.05) is 6.20 Å². The van der Waals surface area contributed by atoms with E-state index in [1.165, 1.54) is 0 Å². The van der Waals surface area contributed by atoms with Gasteiger partial charge in [0.15, 0.2) is 0 Å². The second-order valence-corrected chi connectivity index (χ2v) is 4.34. The maximum atomic E-state index is 11.5. The summed E-state index contributed by atoms with van der Waals surface area (Å²) in [6, 6.07) is 5.75. The fourth-order valence-corrected chi connectivity index (χ4v) is 1.95. The molecule has 0 radical (unpaired) electrons. The Balaban J connectivity index is 2.84. The van der Waals surface area contributed by atoms with Gasteiger partial charge in [-0.3, -0.25) is 4.79 Å². The smallest absolute Gasteiger partial charge is 0.257 e. The predicted molar refractivity (Wildman–Crippen MR) is 63.7 cm³/mol. The number of rotatable bonds is 1. The summed E-state index contributed by atoms with van der Waals surface area (Å²) in [5.74, 6) is 0.409. The largest absolute Gasteiger partial charge is 0.329 e. The van der Waals surface area contributed by atoms with Crippen molar-refractivity contribution in [2.75, 3.05) is 0 Å². The third-order valence-electron chi connectivity index (χ3n) is 2.51. The highest BCUT2D eigenvalue weighted by Crippen LogP contribution is 2.26. The Labute approximate surface area is 92.9 Å². The molecule has 2 nitrogen and oxygen atoms in total. The quantitative estimate of drug-likeness (QED) is 0.788. The van der Waals surface area contributed by atoms with E-state index in [9.17, 15) is 4.79 Å². The van der Waals surface area contributed by atoms with Crippen LogP contribution in [0.1, 0.15) is 25.3 Å². The zero-order valence-corrected chi connectivity index (χ0v) is 9.43. The average Bonchev–Trinajstić information content (AvgIpc) is 2.17. The van der Waals surface area contributed by atoms with Crippen LogP contribution in [0.15, 0.2) is 29.2 Å². The zero-order chi connectivity index (χ0) is 11.0. The van der Waals surface area contributed by atoms with Gasteiger partial charge in [-0.1, -0.05) is 31.5 Å². The summed E-state index contributed by atoms with van der Waals surface area (Å²) in [5, 5.41) is 2.00. The van der Waals surface area contributed by atoms with Crippen LogP contribution in [0.4, 0.5) is 0 Å². The van der Waals surface area contributed by atoms with Crippen LogP contribution >= 0.6 is 11.6 Å². The lowest BCUT2D eigenvalue weighted by Crippen LogP contribution is -2.05. The molecule has 1 aromatic carbocycles. The summed E-state index contributed by atoms with van der Waals surface area (Å²) in [4.78, 5) is 14.2. The van der Waals surface area contributed by atoms with E-state index in [0.29, 0.717) is 16.3 Å². The minimum absolute atomic E-state index is 0.132. The molecular formula is C12H12ClNO. The maximum Gasteiger partial charge on any atom is 0.257 e. The molecule has 1 heterocycles. The number of hydrogen-bond acceptors (Lipinski definition) is 1. The highest BCUT2D eigenvalue weighted by atomic mass is 35.5. The Morgan fingerprint density at radius 3 is 2.73 bits per heavy atom. The van der Waals surface area contributed by atoms with Gasteiger partial charge < -0.3 is 4.98 Å². The third kappa shape index (κ3) is 1.77. The molecule has 15 heavy (non-hydrogen) atoms. The zero-order valence-electron chi connectivity index (χ0n) is 8.67. The summed E-state index contributed by atoms with van der Waals surface area (Å²) in [6.07, 6.45) is 1.64. The Bertz CT molecular complexity index is 557. The SMILES string of the molecule is CC(C)c1cc(Cl)c2c(=O)[nH]ccc2c1. The molecule has 0 atom stereocenters. The number of pyridine rings is 1. The van der Waals surface area contributed by atoms with Crippen LogP contribution < -0.4 is 5.56 Å². The molecule has 0 aliphatic carbocycles. The summed E-state index contributed by atoms with van der Waals surface area (Å²) in [6.45, 7) is 4.20. The van der Waals surface area contributed by atoms with E-state index >= 15 is 0 Å². The van der Waals surface area contributed by atoms with Crippen LogP contribution in [-0.2, 0) is 0 Å². The number of hydrogen-bond donors (Lipinski definition) is 1. The van der Waals surface area contributed by atoms with Gasteiger partial charge >= 0.3 is 0 Å². The molecule has 0 spiro atoms. The number of aromatic nitrogens is 1. The average molecular weight is 222 g/mol. The molecule has 0 aliphatic heterocycles. The summed E-state index contributed by atoms with van der Waals surface area (Å²) in [5.41, 5.74) is 1.02. The monoisotopic (exact) mass is 221 g/mol. The molecule has 3 heteroatoms. The molecule has 1 aromatic heterocycles. The molecule has 0 saturated carbocycles. The minimum Gasteiger partial charge on any atom is -0.329 e. The Hall–Kier alpha value is -1.28. The van der Waals surface area contributed by atoms with Crippen molar-refractivity contribution >= 4 is 22.4 Å². The fourth-order valence-electron chi connectivity index (χ4n) is 1.63. The van der Waals surface area contributed by atoms with E-state index in [1.807, 2.05) is 18.2 Å². The lowest BCUT2D eigenvalue weighted by molar-refractivity contribution is 0.868. The molecule has 0 amide bonds. The first kappa shape index (κ1) is 10.2. The third-order valence-corrected chi connectivity index (χ3v) is 2.81. The van der Waals surface area contributed by atoms with Crippen molar-refractivity contribution in [1.29, 1.82) is 0 Å². The maximum absolute atomic E-state index is 11.5. The highest BCUT2D eigenvalue weighted by molar-refractivity contribution is 6.35. The lowest BCUT2D eigenvalue weighted by Gasteiger charge is -2.08. The van der Waals surface area contributed by atoms with Crippen molar-refractivity contribution in [2.45, 2.75) is 19.8 Å². The van der Waals surface area contributed by atoms with Crippen molar-refractivity contribution in [3.8, 4) is 0 Å². The van der Waals surface area contributed by atoms with Crippen molar-refractivity contribution in [3.63, 3.8) is 0 Å². The Kier molecular flexibility index (Phi) is 2.53. The van der Waals surface area contributed by atoms with E-state index in [-0.39, 0.29) is 5.56 Å². The first-order valence-corrected chi connectivity index (χ1v) is 5.28. The van der Waals surface area contributed by atoms with Crippen LogP contribution in [0, 0.1) is 0 Å². The number of halogens is 1. The van der Waals surface area contributed by atoms with Gasteiger partial charge in [0.2, 0.25) is 0 Å². The van der Waals surface area contributed by atoms with E-state index in [0.717, 1.165) is 10.9 Å². The highest BCUT2D eigenvalue weighted by Gasteiger charge is 2.07. The second kappa shape index (κ2) is 3.70. The molecule has 0 unspecified atom stereocenters. The first-order valence-electron chi connectivity index (χ1n) is 4.90. The van der Waals surface area contributed by atoms with Crippen LogP contribution in [0.5, 0.6) is 0 Å². The molecule has 0 aliphatic rings. The van der Waals surface area contributed by atoms with Crippen molar-refractivity contribution < 1.29 is 0 Å². The van der Waals surface area contributed by atoms with Crippen molar-refractivity contribution in [3.05, 3.63) is 45.3 Å². The predicted octanol–water partition coefficient (Wildman–Crippen LogP) is 3.30. The van der Waals surface area contributed by atoms with Crippen LogP contribution in [0.3, 0.4) is 0 Å². The fraction of sp³-hybridized carbons (Fsp3) is 0.250. The lowest BCUT2D eigenvalue weighted by atomic mass is 10.0. The standard InChI is InChI=1S/C12H12ClNO/c1-7(2)9-5-8-3-4-14-12(15)11(8)10(13)6-9/h3-7H,1-2H3,(H,14,15). The van der Waals surface area contributed by atoms with Gasteiger partial charge in [-0.05, 0) is 29.0 Å². The Morgan fingerprint density at radius 2 is 2.07 bits per heavy atom. The second-order valence-electron chi connectivity index (χ2n) is 3.93. The first-order chi connectivity index (χ1) is 7.09. The van der Waals surface area contributed by atoms with Crippen molar-refractivity contribution in [2.24, 2.45) is 0 Å². The normalized spacial score (nSPS) is 11.2. The van der Waals surface area contributed by atoms with E-state index < -0.39 is 0 Å². The molecule has 0 bridgehead atoms. The number of H-pyrrole nitrogens is 1. The van der Waals surface area contributed by atoms with Crippen molar-refractivity contribution in [1.82, 2.24) is 4.98 Å². The Morgan fingerprint density at radius 1 is 1.33 bits per heavy atom. The summed E-state index contributed by atoms with van der Waals surface area (Å²) in [7, 11) is 0. The van der Waals surface area contributed by atoms with Gasteiger partial charge in [0.25, 0.3) is 5.56 Å². The molecule has 2 aromatic rings. The minimum atomic E-state index is -0.132. The molecule has 1 N–H and O–H groups in total. The van der Waals surface area contributed by atoms with E-state index in [2.05, 4.69) is 18.8 Å². The van der Waals surface area contributed by atoms with E-state index in [4.69, 9.17) is 11.6 Å². The molecule has 0 fully saturated rings. The molecular weight excluding hydrogens is 210 g/mol. The van der Waals surface area contributed by atoms with Gasteiger partial charge in [-0.2, -0.15) is 0 Å². The van der Waals surface area contributed by atoms with Gasteiger partial charge in [0.05, 0.1) is 10.4 Å². The van der Waals surface area contributed by atoms with Crippen LogP contribution in [0.25, 0.3) is 10.8 Å². The van der Waals surface area contributed by atoms with Gasteiger partial charge in [-0.15, -0.1) is 0 Å². The van der Waals surface area contributed by atoms with Crippen LogP contribution in [0.2, 0.25) is 5.02 Å². The van der Waals surface area contributed by atoms with Crippen LogP contribution in [-0.4, -0.2) is 4.98 Å². The number of nitrogens with one attached hydrogen (secondary N) is 1. The number of benzene rings is 1. The summed E-state index contributed by atoms with van der Waals surface area (Å²) < 4.78 is 0. The number of aromatic amines is 1. The molecule has 0 saturated heterocycles. The van der Waals surface area contributed by atoms with Gasteiger partial charge in [0.1, 0.15) is 0 Å². The van der Waals surface area contributed by atoms with E-state index in [1.54, 1.807) is 6.20 Å².